The second kappa shape index (κ2) is 7.41. The molecule has 1 saturated heterocycles. The van der Waals surface area contributed by atoms with Gasteiger partial charge in [-0.2, -0.15) is 4.31 Å². The summed E-state index contributed by atoms with van der Waals surface area (Å²) in [7, 11) is -3.47. The van der Waals surface area contributed by atoms with E-state index in [2.05, 4.69) is 0 Å². The van der Waals surface area contributed by atoms with Crippen LogP contribution >= 0.6 is 11.3 Å². The Kier molecular flexibility index (Phi) is 5.77. The van der Waals surface area contributed by atoms with Crippen LogP contribution in [0.5, 0.6) is 0 Å². The molecule has 2 rings (SSSR count). The van der Waals surface area contributed by atoms with E-state index in [0.29, 0.717) is 24.5 Å². The minimum absolute atomic E-state index is 0.0152. The molecule has 0 saturated carbocycles. The van der Waals surface area contributed by atoms with Crippen molar-refractivity contribution in [1.82, 2.24) is 9.21 Å². The first-order valence-electron chi connectivity index (χ1n) is 7.43. The molecule has 0 spiro atoms. The molecule has 9 heteroatoms. The zero-order valence-electron chi connectivity index (χ0n) is 12.9. The fourth-order valence-corrected chi connectivity index (χ4v) is 5.47. The normalized spacial score (nSPS) is 15.7. The van der Waals surface area contributed by atoms with Crippen LogP contribution in [0.25, 0.3) is 0 Å². The number of nitrogens with zero attached hydrogens (tertiary/aromatic N) is 2. The molecular weight excluding hydrogens is 340 g/mol. The Bertz CT molecular complexity index is 677. The van der Waals surface area contributed by atoms with E-state index in [-0.39, 0.29) is 23.1 Å². The smallest absolute Gasteiger partial charge is 0.323 e. The van der Waals surface area contributed by atoms with Crippen molar-refractivity contribution in [3.05, 3.63) is 17.0 Å². The van der Waals surface area contributed by atoms with Crippen LogP contribution in [0.15, 0.2) is 16.3 Å². The summed E-state index contributed by atoms with van der Waals surface area (Å²) in [6, 6.07) is 3.15. The van der Waals surface area contributed by atoms with Crippen LogP contribution in [0.1, 0.15) is 24.6 Å². The average Bonchev–Trinajstić information content (AvgIpc) is 3.15. The Hall–Kier alpha value is -1.45. The molecule has 1 aromatic heterocycles. The van der Waals surface area contributed by atoms with Crippen LogP contribution in [0.4, 0.5) is 0 Å². The zero-order chi connectivity index (χ0) is 17.0. The number of likely N-dealkylation sites (N-methyl/N-ethyl adjacent to an activating group) is 1. The van der Waals surface area contributed by atoms with Gasteiger partial charge >= 0.3 is 5.97 Å². The molecule has 1 N–H and O–H groups in total. The first-order valence-corrected chi connectivity index (χ1v) is 9.68. The molecule has 128 valence electrons. The van der Waals surface area contributed by atoms with Gasteiger partial charge in [-0.25, -0.2) is 8.42 Å². The Morgan fingerprint density at radius 3 is 2.52 bits per heavy atom. The van der Waals surface area contributed by atoms with E-state index in [1.165, 1.54) is 15.3 Å². The lowest BCUT2D eigenvalue weighted by atomic mass is 10.3. The molecule has 1 aliphatic heterocycles. The molecule has 2 heterocycles. The van der Waals surface area contributed by atoms with Gasteiger partial charge in [-0.1, -0.05) is 0 Å². The standard InChI is InChI=1S/C14H20N2O5S2/c1-2-15(10-13(18)19)12(17)9-11-5-6-14(22-11)23(20,21)16-7-3-4-8-16/h5-6H,2-4,7-10H2,1H3,(H,18,19). The average molecular weight is 360 g/mol. The van der Waals surface area contributed by atoms with E-state index in [1.807, 2.05) is 0 Å². The Labute approximate surface area is 139 Å². The van der Waals surface area contributed by atoms with Gasteiger partial charge in [-0.15, -0.1) is 11.3 Å². The Morgan fingerprint density at radius 1 is 1.30 bits per heavy atom. The van der Waals surface area contributed by atoms with Gasteiger partial charge in [-0.3, -0.25) is 9.59 Å². The lowest BCUT2D eigenvalue weighted by Crippen LogP contribution is -2.36. The van der Waals surface area contributed by atoms with Crippen molar-refractivity contribution in [2.24, 2.45) is 0 Å². The fourth-order valence-electron chi connectivity index (χ4n) is 2.45. The summed E-state index contributed by atoms with van der Waals surface area (Å²) in [6.07, 6.45) is 1.76. The van der Waals surface area contributed by atoms with E-state index in [9.17, 15) is 18.0 Å². The van der Waals surface area contributed by atoms with Crippen molar-refractivity contribution in [1.29, 1.82) is 0 Å². The highest BCUT2D eigenvalue weighted by Crippen LogP contribution is 2.27. The molecule has 0 bridgehead atoms. The second-order valence-corrected chi connectivity index (χ2v) is 8.64. The SMILES string of the molecule is CCN(CC(=O)O)C(=O)Cc1ccc(S(=O)(=O)N2CCCC2)s1. The van der Waals surface area contributed by atoms with Gasteiger partial charge in [0.05, 0.1) is 6.42 Å². The summed E-state index contributed by atoms with van der Waals surface area (Å²) in [4.78, 5) is 24.7. The lowest BCUT2D eigenvalue weighted by Gasteiger charge is -2.17. The predicted molar refractivity (Wildman–Crippen MR) is 85.9 cm³/mol. The summed E-state index contributed by atoms with van der Waals surface area (Å²) in [5.41, 5.74) is 0. The summed E-state index contributed by atoms with van der Waals surface area (Å²) in [5.74, 6) is -1.38. The third kappa shape index (κ3) is 4.30. The lowest BCUT2D eigenvalue weighted by molar-refractivity contribution is -0.144. The number of carbonyl (C=O) groups is 2. The van der Waals surface area contributed by atoms with Gasteiger partial charge in [0.15, 0.2) is 0 Å². The molecule has 7 nitrogen and oxygen atoms in total. The summed E-state index contributed by atoms with van der Waals surface area (Å²) < 4.78 is 26.6. The molecule has 0 aromatic carbocycles. The van der Waals surface area contributed by atoms with Crippen LogP contribution in [-0.4, -0.2) is 60.8 Å². The van der Waals surface area contributed by atoms with Crippen molar-refractivity contribution < 1.29 is 23.1 Å². The third-order valence-corrected chi connectivity index (χ3v) is 7.13. The maximum Gasteiger partial charge on any atom is 0.323 e. The van der Waals surface area contributed by atoms with Gasteiger partial charge in [-0.05, 0) is 31.9 Å². The third-order valence-electron chi connectivity index (χ3n) is 3.68. The van der Waals surface area contributed by atoms with E-state index in [1.54, 1.807) is 13.0 Å². The topological polar surface area (TPSA) is 95.0 Å². The molecule has 1 fully saturated rings. The minimum Gasteiger partial charge on any atom is -0.480 e. The number of carbonyl (C=O) groups excluding carboxylic acids is 1. The van der Waals surface area contributed by atoms with Crippen molar-refractivity contribution in [2.45, 2.75) is 30.4 Å². The van der Waals surface area contributed by atoms with E-state index in [0.717, 1.165) is 24.2 Å². The van der Waals surface area contributed by atoms with Crippen LogP contribution in [0.3, 0.4) is 0 Å². The number of amides is 1. The predicted octanol–water partition coefficient (Wildman–Crippen LogP) is 1.01. The molecule has 0 atom stereocenters. The Morgan fingerprint density at radius 2 is 1.96 bits per heavy atom. The number of carboxylic acid groups (broad SMARTS) is 1. The quantitative estimate of drug-likeness (QED) is 0.783. The largest absolute Gasteiger partial charge is 0.480 e. The molecular formula is C14H20N2O5S2. The molecule has 1 aliphatic rings. The summed E-state index contributed by atoms with van der Waals surface area (Å²) in [6.45, 7) is 2.74. The highest BCUT2D eigenvalue weighted by Gasteiger charge is 2.28. The maximum absolute atomic E-state index is 12.4. The highest BCUT2D eigenvalue weighted by molar-refractivity contribution is 7.91. The van der Waals surface area contributed by atoms with E-state index in [4.69, 9.17) is 5.11 Å². The van der Waals surface area contributed by atoms with Crippen LogP contribution in [0.2, 0.25) is 0 Å². The van der Waals surface area contributed by atoms with Crippen LogP contribution < -0.4 is 0 Å². The number of thiophene rings is 1. The van der Waals surface area contributed by atoms with Gasteiger partial charge in [0.25, 0.3) is 10.0 Å². The van der Waals surface area contributed by atoms with Crippen molar-refractivity contribution >= 4 is 33.2 Å². The maximum atomic E-state index is 12.4. The molecule has 1 amide bonds. The molecule has 0 aliphatic carbocycles. The number of hydrogen-bond acceptors (Lipinski definition) is 5. The van der Waals surface area contributed by atoms with E-state index < -0.39 is 16.0 Å². The number of aliphatic carboxylic acids is 1. The number of carboxylic acids is 1. The fraction of sp³-hybridized carbons (Fsp3) is 0.571. The number of hydrogen-bond donors (Lipinski definition) is 1. The summed E-state index contributed by atoms with van der Waals surface area (Å²) >= 11 is 1.08. The first-order chi connectivity index (χ1) is 10.8. The number of sulfonamides is 1. The Balaban J connectivity index is 2.07. The molecule has 1 aromatic rings. The summed E-state index contributed by atoms with van der Waals surface area (Å²) in [5, 5.41) is 8.79. The van der Waals surface area contributed by atoms with Crippen molar-refractivity contribution in [2.75, 3.05) is 26.2 Å². The zero-order valence-corrected chi connectivity index (χ0v) is 14.5. The van der Waals surface area contributed by atoms with Gasteiger partial charge in [0.1, 0.15) is 10.8 Å². The van der Waals surface area contributed by atoms with E-state index >= 15 is 0 Å². The van der Waals surface area contributed by atoms with Crippen LogP contribution in [0, 0.1) is 0 Å². The highest BCUT2D eigenvalue weighted by atomic mass is 32.2. The van der Waals surface area contributed by atoms with Crippen molar-refractivity contribution in [3.8, 4) is 0 Å². The molecule has 23 heavy (non-hydrogen) atoms. The van der Waals surface area contributed by atoms with Gasteiger partial charge < -0.3 is 10.0 Å². The van der Waals surface area contributed by atoms with Gasteiger partial charge in [0, 0.05) is 24.5 Å². The molecule has 0 radical (unpaired) electrons. The van der Waals surface area contributed by atoms with Gasteiger partial charge in [0.2, 0.25) is 5.91 Å². The molecule has 0 unspecified atom stereocenters. The minimum atomic E-state index is -3.47. The van der Waals surface area contributed by atoms with Crippen molar-refractivity contribution in [3.63, 3.8) is 0 Å². The second-order valence-electron chi connectivity index (χ2n) is 5.31. The monoisotopic (exact) mass is 360 g/mol. The number of rotatable bonds is 7. The first kappa shape index (κ1) is 17.9. The van der Waals surface area contributed by atoms with Crippen LogP contribution in [-0.2, 0) is 26.0 Å².